The zero-order valence-corrected chi connectivity index (χ0v) is 20.9. The topological polar surface area (TPSA) is 113 Å². The zero-order valence-electron chi connectivity index (χ0n) is 19.3. The Labute approximate surface area is 200 Å². The third-order valence-corrected chi connectivity index (χ3v) is 7.93. The summed E-state index contributed by atoms with van der Waals surface area (Å²) in [5.41, 5.74) is 3.18. The summed E-state index contributed by atoms with van der Waals surface area (Å²) < 4.78 is 53.7. The number of rotatable bonds is 8. The van der Waals surface area contributed by atoms with Crippen molar-refractivity contribution in [3.05, 3.63) is 83.9 Å². The van der Waals surface area contributed by atoms with E-state index in [0.29, 0.717) is 17.1 Å². The second-order valence-electron chi connectivity index (χ2n) is 7.99. The van der Waals surface area contributed by atoms with Gasteiger partial charge in [0.15, 0.2) is 0 Å². The number of hydrogen-bond donors (Lipinski definition) is 2. The van der Waals surface area contributed by atoms with Crippen LogP contribution in [0.5, 0.6) is 0 Å². The van der Waals surface area contributed by atoms with Crippen molar-refractivity contribution in [3.8, 4) is 0 Å². The molecule has 0 radical (unpaired) electrons. The van der Waals surface area contributed by atoms with E-state index < -0.39 is 32.0 Å². The average Bonchev–Trinajstić information content (AvgIpc) is 2.76. The van der Waals surface area contributed by atoms with Gasteiger partial charge in [0.2, 0.25) is 15.9 Å². The Morgan fingerprint density at radius 2 is 1.41 bits per heavy atom. The third-order valence-electron chi connectivity index (χ3n) is 5.29. The first-order valence-electron chi connectivity index (χ1n) is 10.4. The summed E-state index contributed by atoms with van der Waals surface area (Å²) in [4.78, 5) is 12.8. The highest BCUT2D eigenvalue weighted by Gasteiger charge is 2.29. The summed E-state index contributed by atoms with van der Waals surface area (Å²) in [7, 11) is -7.55. The highest BCUT2D eigenvalue weighted by molar-refractivity contribution is 7.92. The van der Waals surface area contributed by atoms with Crippen molar-refractivity contribution in [1.29, 1.82) is 0 Å². The monoisotopic (exact) mass is 501 g/mol. The molecule has 0 saturated heterocycles. The highest BCUT2D eigenvalue weighted by Crippen LogP contribution is 2.23. The quantitative estimate of drug-likeness (QED) is 0.486. The largest absolute Gasteiger partial charge is 0.324 e. The molecular formula is C24H27N3O5S2. The van der Waals surface area contributed by atoms with E-state index in [1.54, 1.807) is 42.5 Å². The molecule has 1 atom stereocenters. The molecule has 3 rings (SSSR count). The van der Waals surface area contributed by atoms with E-state index in [0.717, 1.165) is 21.7 Å². The van der Waals surface area contributed by atoms with Crippen LogP contribution < -0.4 is 14.3 Å². The van der Waals surface area contributed by atoms with Crippen LogP contribution in [0, 0.1) is 13.8 Å². The molecule has 1 amide bonds. The van der Waals surface area contributed by atoms with Gasteiger partial charge < -0.3 is 5.32 Å². The second kappa shape index (κ2) is 9.86. The van der Waals surface area contributed by atoms with Crippen molar-refractivity contribution in [2.45, 2.75) is 31.7 Å². The minimum Gasteiger partial charge on any atom is -0.324 e. The lowest BCUT2D eigenvalue weighted by Gasteiger charge is -2.28. The fourth-order valence-corrected chi connectivity index (χ4v) is 5.59. The molecule has 0 saturated carbocycles. The summed E-state index contributed by atoms with van der Waals surface area (Å²) in [6.45, 7) is 5.32. The van der Waals surface area contributed by atoms with Gasteiger partial charge in [0, 0.05) is 11.4 Å². The number of nitrogens with one attached hydrogen (secondary N) is 2. The smallest absolute Gasteiger partial charge is 0.261 e. The zero-order chi connectivity index (χ0) is 25.1. The number of sulfonamides is 2. The molecule has 8 nitrogen and oxygen atoms in total. The van der Waals surface area contributed by atoms with Crippen LogP contribution in [0.15, 0.2) is 77.7 Å². The van der Waals surface area contributed by atoms with Crippen molar-refractivity contribution in [2.24, 2.45) is 0 Å². The number of hydrogen-bond acceptors (Lipinski definition) is 5. The Morgan fingerprint density at radius 1 is 0.824 bits per heavy atom. The molecule has 0 fully saturated rings. The van der Waals surface area contributed by atoms with Gasteiger partial charge in [-0.15, -0.1) is 0 Å². The van der Waals surface area contributed by atoms with Crippen molar-refractivity contribution in [3.63, 3.8) is 0 Å². The summed E-state index contributed by atoms with van der Waals surface area (Å²) in [5, 5.41) is 2.65. The molecule has 0 aliphatic heterocycles. The van der Waals surface area contributed by atoms with Gasteiger partial charge in [0.05, 0.1) is 16.8 Å². The van der Waals surface area contributed by atoms with Crippen LogP contribution in [-0.2, 0) is 24.8 Å². The van der Waals surface area contributed by atoms with Gasteiger partial charge in [-0.3, -0.25) is 13.8 Å². The molecule has 3 aromatic carbocycles. The standard InChI is InChI=1S/C24H27N3O5S2/c1-17-10-11-21(16-18(17)2)26-34(31,32)23-14-12-20(13-15-23)25-24(28)19(3)27(33(4,29)30)22-8-6-5-7-9-22/h5-16,19,26H,1-4H3,(H,25,28). The summed E-state index contributed by atoms with van der Waals surface area (Å²) >= 11 is 0. The van der Waals surface area contributed by atoms with Crippen molar-refractivity contribution >= 4 is 43.0 Å². The normalized spacial score (nSPS) is 12.6. The van der Waals surface area contributed by atoms with E-state index in [1.165, 1.54) is 31.2 Å². The summed E-state index contributed by atoms with van der Waals surface area (Å²) in [6.07, 6.45) is 1.03. The molecule has 3 aromatic rings. The number of anilines is 3. The number of para-hydroxylation sites is 1. The lowest BCUT2D eigenvalue weighted by Crippen LogP contribution is -2.45. The van der Waals surface area contributed by atoms with Crippen molar-refractivity contribution in [1.82, 2.24) is 0 Å². The minimum absolute atomic E-state index is 0.0267. The van der Waals surface area contributed by atoms with Crippen LogP contribution >= 0.6 is 0 Å². The molecule has 0 heterocycles. The first-order valence-corrected chi connectivity index (χ1v) is 13.8. The molecule has 0 aromatic heterocycles. The molecule has 1 unspecified atom stereocenters. The molecule has 0 aliphatic rings. The first kappa shape index (κ1) is 25.3. The van der Waals surface area contributed by atoms with E-state index >= 15 is 0 Å². The summed E-state index contributed by atoms with van der Waals surface area (Å²) in [5.74, 6) is -0.557. The van der Waals surface area contributed by atoms with Gasteiger partial charge in [0.25, 0.3) is 10.0 Å². The maximum atomic E-state index is 12.8. The fourth-order valence-electron chi connectivity index (χ4n) is 3.37. The Balaban J connectivity index is 1.75. The SMILES string of the molecule is Cc1ccc(NS(=O)(=O)c2ccc(NC(=O)C(C)N(c3ccccc3)S(C)(=O)=O)cc2)cc1C. The van der Waals surface area contributed by atoms with Crippen LogP contribution in [0.25, 0.3) is 0 Å². The van der Waals surface area contributed by atoms with Gasteiger partial charge in [0.1, 0.15) is 6.04 Å². The number of nitrogens with zero attached hydrogens (tertiary/aromatic N) is 1. The second-order valence-corrected chi connectivity index (χ2v) is 11.5. The third kappa shape index (κ3) is 5.95. The molecule has 34 heavy (non-hydrogen) atoms. The lowest BCUT2D eigenvalue weighted by atomic mass is 10.1. The predicted octanol–water partition coefficient (Wildman–Crippen LogP) is 3.90. The van der Waals surface area contributed by atoms with Gasteiger partial charge in [-0.05, 0) is 80.4 Å². The van der Waals surface area contributed by atoms with E-state index in [2.05, 4.69) is 10.0 Å². The predicted molar refractivity (Wildman–Crippen MR) is 135 cm³/mol. The lowest BCUT2D eigenvalue weighted by molar-refractivity contribution is -0.116. The Bertz CT molecular complexity index is 1390. The number of amides is 1. The maximum Gasteiger partial charge on any atom is 0.261 e. The van der Waals surface area contributed by atoms with Gasteiger partial charge >= 0.3 is 0 Å². The number of benzene rings is 3. The molecule has 0 bridgehead atoms. The number of carbonyl (C=O) groups excluding carboxylic acids is 1. The molecule has 0 aliphatic carbocycles. The Kier molecular flexibility index (Phi) is 7.32. The fraction of sp³-hybridized carbons (Fsp3) is 0.208. The average molecular weight is 502 g/mol. The minimum atomic E-state index is -3.82. The first-order chi connectivity index (χ1) is 15.9. The maximum absolute atomic E-state index is 12.8. The van der Waals surface area contributed by atoms with Crippen molar-refractivity contribution < 1.29 is 21.6 Å². The Morgan fingerprint density at radius 3 is 1.97 bits per heavy atom. The van der Waals surface area contributed by atoms with Gasteiger partial charge in [-0.2, -0.15) is 0 Å². The van der Waals surface area contributed by atoms with Crippen LogP contribution in [0.1, 0.15) is 18.1 Å². The molecule has 10 heteroatoms. The van der Waals surface area contributed by atoms with Gasteiger partial charge in [-0.1, -0.05) is 24.3 Å². The van der Waals surface area contributed by atoms with Crippen molar-refractivity contribution in [2.75, 3.05) is 20.6 Å². The van der Waals surface area contributed by atoms with Crippen LogP contribution in [-0.4, -0.2) is 35.0 Å². The summed E-state index contributed by atoms with van der Waals surface area (Å²) in [6, 6.07) is 18.2. The van der Waals surface area contributed by atoms with Gasteiger partial charge in [-0.25, -0.2) is 16.8 Å². The highest BCUT2D eigenvalue weighted by atomic mass is 32.2. The van der Waals surface area contributed by atoms with Crippen LogP contribution in [0.2, 0.25) is 0 Å². The molecule has 0 spiro atoms. The van der Waals surface area contributed by atoms with E-state index in [4.69, 9.17) is 0 Å². The Hall–Kier alpha value is -3.37. The van der Waals surface area contributed by atoms with E-state index in [1.807, 2.05) is 19.9 Å². The molecule has 180 valence electrons. The van der Waals surface area contributed by atoms with Crippen LogP contribution in [0.4, 0.5) is 17.1 Å². The van der Waals surface area contributed by atoms with E-state index in [-0.39, 0.29) is 4.90 Å². The number of aryl methyl sites for hydroxylation is 2. The number of carbonyl (C=O) groups is 1. The van der Waals surface area contributed by atoms with E-state index in [9.17, 15) is 21.6 Å². The molecular weight excluding hydrogens is 474 g/mol. The van der Waals surface area contributed by atoms with Crippen LogP contribution in [0.3, 0.4) is 0 Å². The molecule has 2 N–H and O–H groups in total.